The third kappa shape index (κ3) is 6.38. The Balaban J connectivity index is 1.48. The first kappa shape index (κ1) is 29.0. The molecule has 1 atom stereocenters. The molecule has 11 heteroatoms. The van der Waals surface area contributed by atoms with Gasteiger partial charge in [0.05, 0.1) is 29.9 Å². The molecule has 1 aliphatic heterocycles. The fourth-order valence-electron chi connectivity index (χ4n) is 4.85. The Morgan fingerprint density at radius 2 is 1.66 bits per heavy atom. The zero-order valence-electron chi connectivity index (χ0n) is 23.1. The molecule has 0 aliphatic carbocycles. The monoisotopic (exact) mass is 591 g/mol. The van der Waals surface area contributed by atoms with Crippen molar-refractivity contribution in [1.29, 1.82) is 0 Å². The van der Waals surface area contributed by atoms with Gasteiger partial charge in [0.2, 0.25) is 15.9 Å². The number of hydrogen-bond donors (Lipinski definition) is 0. The van der Waals surface area contributed by atoms with Crippen LogP contribution >= 0.6 is 11.8 Å². The van der Waals surface area contributed by atoms with Crippen LogP contribution in [0.4, 0.5) is 5.69 Å². The first-order chi connectivity index (χ1) is 19.9. The number of thioether (sulfide) groups is 1. The number of nitrogens with zero attached hydrogens (tertiary/aromatic N) is 5. The van der Waals surface area contributed by atoms with Gasteiger partial charge in [-0.3, -0.25) is 9.36 Å². The highest BCUT2D eigenvalue weighted by Crippen LogP contribution is 2.32. The van der Waals surface area contributed by atoms with Crippen LogP contribution in [0.1, 0.15) is 25.5 Å². The van der Waals surface area contributed by atoms with Crippen LogP contribution in [-0.4, -0.2) is 72.0 Å². The molecule has 3 aromatic carbocycles. The Kier molecular flexibility index (Phi) is 9.19. The second kappa shape index (κ2) is 13.0. The van der Waals surface area contributed by atoms with Gasteiger partial charge in [-0.25, -0.2) is 8.42 Å². The zero-order valence-corrected chi connectivity index (χ0v) is 24.7. The van der Waals surface area contributed by atoms with Crippen molar-refractivity contribution in [2.75, 3.05) is 43.5 Å². The predicted octanol–water partition coefficient (Wildman–Crippen LogP) is 4.72. The lowest BCUT2D eigenvalue weighted by atomic mass is 10.1. The summed E-state index contributed by atoms with van der Waals surface area (Å²) >= 11 is 1.32. The van der Waals surface area contributed by atoms with Crippen molar-refractivity contribution in [2.45, 2.75) is 29.9 Å². The van der Waals surface area contributed by atoms with Crippen molar-refractivity contribution in [2.24, 2.45) is 0 Å². The fraction of sp³-hybridized carbons (Fsp3) is 0.300. The maximum absolute atomic E-state index is 13.4. The number of carbonyl (C=O) groups is 1. The maximum Gasteiger partial charge on any atom is 0.243 e. The topological polar surface area (TPSA) is 97.6 Å². The summed E-state index contributed by atoms with van der Waals surface area (Å²) in [5.41, 5.74) is 2.52. The molecule has 1 amide bonds. The van der Waals surface area contributed by atoms with Gasteiger partial charge in [0.15, 0.2) is 11.0 Å². The van der Waals surface area contributed by atoms with Crippen molar-refractivity contribution < 1.29 is 17.9 Å². The quantitative estimate of drug-likeness (QED) is 0.246. The number of para-hydroxylation sites is 1. The van der Waals surface area contributed by atoms with Crippen molar-refractivity contribution in [3.63, 3.8) is 0 Å². The van der Waals surface area contributed by atoms with Crippen LogP contribution in [0.15, 0.2) is 95.0 Å². The Hall–Kier alpha value is -3.51. The number of rotatable bonds is 10. The van der Waals surface area contributed by atoms with Gasteiger partial charge in [-0.2, -0.15) is 4.31 Å². The molecular formula is C30H33N5O4S2. The van der Waals surface area contributed by atoms with Crippen LogP contribution in [0, 0.1) is 0 Å². The second-order valence-electron chi connectivity index (χ2n) is 9.57. The predicted molar refractivity (Wildman–Crippen MR) is 160 cm³/mol. The maximum atomic E-state index is 13.4. The number of anilines is 1. The van der Waals surface area contributed by atoms with Gasteiger partial charge in [0.25, 0.3) is 0 Å². The summed E-state index contributed by atoms with van der Waals surface area (Å²) in [6, 6.07) is 26.2. The summed E-state index contributed by atoms with van der Waals surface area (Å²) < 4.78 is 35.5. The van der Waals surface area contributed by atoms with Gasteiger partial charge >= 0.3 is 0 Å². The molecule has 4 aromatic rings. The Labute approximate surface area is 245 Å². The van der Waals surface area contributed by atoms with Crippen LogP contribution in [-0.2, 0) is 19.6 Å². The smallest absolute Gasteiger partial charge is 0.243 e. The minimum absolute atomic E-state index is 0.0363. The van der Waals surface area contributed by atoms with Crippen molar-refractivity contribution >= 4 is 33.4 Å². The third-order valence-electron chi connectivity index (χ3n) is 7.04. The van der Waals surface area contributed by atoms with Crippen molar-refractivity contribution in [3.8, 4) is 11.4 Å². The third-order valence-corrected chi connectivity index (χ3v) is 9.87. The number of carbonyl (C=O) groups excluding carboxylic acids is 1. The van der Waals surface area contributed by atoms with Gasteiger partial charge in [0.1, 0.15) is 0 Å². The molecule has 5 rings (SSSR count). The molecular weight excluding hydrogens is 558 g/mol. The molecule has 214 valence electrons. The standard InChI is InChI=1S/C30H33N5O4S2/c1-3-34(26-14-8-5-9-15-26)28(36)22-40-30-32-31-29(35(30)23(2)24-11-6-4-7-12-24)25-13-10-16-27(21-25)41(37,38)33-17-19-39-20-18-33/h4-16,21,23H,3,17-20,22H2,1-2H3. The molecule has 1 unspecified atom stereocenters. The number of amides is 1. The molecule has 0 radical (unpaired) electrons. The van der Waals surface area contributed by atoms with E-state index in [9.17, 15) is 13.2 Å². The average Bonchev–Trinajstić information content (AvgIpc) is 3.45. The molecule has 0 saturated carbocycles. The lowest BCUT2D eigenvalue weighted by molar-refractivity contribution is -0.116. The van der Waals surface area contributed by atoms with E-state index >= 15 is 0 Å². The summed E-state index contributed by atoms with van der Waals surface area (Å²) in [6.07, 6.45) is 0. The molecule has 0 bridgehead atoms. The number of sulfonamides is 1. The Morgan fingerprint density at radius 1 is 0.976 bits per heavy atom. The molecule has 9 nitrogen and oxygen atoms in total. The molecule has 0 spiro atoms. The molecule has 1 saturated heterocycles. The van der Waals surface area contributed by atoms with E-state index in [4.69, 9.17) is 4.74 Å². The summed E-state index contributed by atoms with van der Waals surface area (Å²) in [5, 5.41) is 9.57. The van der Waals surface area contributed by atoms with Gasteiger partial charge in [-0.05, 0) is 43.7 Å². The minimum Gasteiger partial charge on any atom is -0.379 e. The molecule has 0 N–H and O–H groups in total. The highest BCUT2D eigenvalue weighted by Gasteiger charge is 2.28. The van der Waals surface area contributed by atoms with E-state index in [0.717, 1.165) is 11.3 Å². The number of morpholine rings is 1. The Morgan fingerprint density at radius 3 is 2.34 bits per heavy atom. The Bertz CT molecular complexity index is 1570. The van der Waals surface area contributed by atoms with Gasteiger partial charge < -0.3 is 9.64 Å². The molecule has 2 heterocycles. The van der Waals surface area contributed by atoms with Gasteiger partial charge in [-0.15, -0.1) is 10.2 Å². The van der Waals surface area contributed by atoms with E-state index < -0.39 is 10.0 Å². The summed E-state index contributed by atoms with van der Waals surface area (Å²) in [4.78, 5) is 15.2. The zero-order chi connectivity index (χ0) is 28.8. The van der Waals surface area contributed by atoms with E-state index in [0.29, 0.717) is 49.4 Å². The number of hydrogen-bond acceptors (Lipinski definition) is 7. The summed E-state index contributed by atoms with van der Waals surface area (Å²) in [6.45, 7) is 5.94. The first-order valence-electron chi connectivity index (χ1n) is 13.6. The highest BCUT2D eigenvalue weighted by molar-refractivity contribution is 7.99. The van der Waals surface area contributed by atoms with Crippen molar-refractivity contribution in [3.05, 3.63) is 90.5 Å². The lowest BCUT2D eigenvalue weighted by Gasteiger charge is -2.26. The summed E-state index contributed by atoms with van der Waals surface area (Å²) in [5.74, 6) is 0.671. The minimum atomic E-state index is -3.69. The number of ether oxygens (including phenoxy) is 1. The number of aromatic nitrogens is 3. The lowest BCUT2D eigenvalue weighted by Crippen LogP contribution is -2.40. The molecule has 1 fully saturated rings. The van der Waals surface area contributed by atoms with Crippen LogP contribution in [0.5, 0.6) is 0 Å². The van der Waals surface area contributed by atoms with Crippen LogP contribution in [0.25, 0.3) is 11.4 Å². The second-order valence-corrected chi connectivity index (χ2v) is 12.4. The molecule has 1 aliphatic rings. The van der Waals surface area contributed by atoms with Gasteiger partial charge in [-0.1, -0.05) is 72.4 Å². The van der Waals surface area contributed by atoms with E-state index in [1.807, 2.05) is 85.1 Å². The normalized spacial score (nSPS) is 15.0. The SMILES string of the molecule is CCN(C(=O)CSc1nnc(-c2cccc(S(=O)(=O)N3CCOCC3)c2)n1C(C)c1ccccc1)c1ccccc1. The largest absolute Gasteiger partial charge is 0.379 e. The number of benzene rings is 3. The van der Waals surface area contributed by atoms with Crippen molar-refractivity contribution in [1.82, 2.24) is 19.1 Å². The van der Waals surface area contributed by atoms with E-state index in [-0.39, 0.29) is 22.6 Å². The van der Waals surface area contributed by atoms with E-state index in [2.05, 4.69) is 10.2 Å². The van der Waals surface area contributed by atoms with E-state index in [1.165, 1.54) is 16.1 Å². The molecule has 1 aromatic heterocycles. The van der Waals surface area contributed by atoms with Crippen LogP contribution in [0.2, 0.25) is 0 Å². The van der Waals surface area contributed by atoms with Crippen LogP contribution in [0.3, 0.4) is 0 Å². The van der Waals surface area contributed by atoms with E-state index in [1.54, 1.807) is 23.1 Å². The first-order valence-corrected chi connectivity index (χ1v) is 16.0. The van der Waals surface area contributed by atoms with Gasteiger partial charge in [0, 0.05) is 30.9 Å². The van der Waals surface area contributed by atoms with Crippen LogP contribution < -0.4 is 4.90 Å². The molecule has 41 heavy (non-hydrogen) atoms. The summed E-state index contributed by atoms with van der Waals surface area (Å²) in [7, 11) is -3.69. The highest BCUT2D eigenvalue weighted by atomic mass is 32.2. The fourth-order valence-corrected chi connectivity index (χ4v) is 7.19. The average molecular weight is 592 g/mol.